The van der Waals surface area contributed by atoms with Crippen LogP contribution in [-0.2, 0) is 9.53 Å². The van der Waals surface area contributed by atoms with Gasteiger partial charge in [0.15, 0.2) is 0 Å². The fraction of sp³-hybridized carbons (Fsp3) is 0.333. The van der Waals surface area contributed by atoms with Crippen molar-refractivity contribution in [2.24, 2.45) is 5.92 Å². The molecule has 100 valence electrons. The summed E-state index contributed by atoms with van der Waals surface area (Å²) in [5.41, 5.74) is 1.09. The molecule has 0 saturated heterocycles. The molecule has 19 heavy (non-hydrogen) atoms. The first-order chi connectivity index (χ1) is 8.90. The average Bonchev–Trinajstić information content (AvgIpc) is 2.60. The minimum atomic E-state index is -0.538. The highest BCUT2D eigenvalue weighted by molar-refractivity contribution is 5.80. The van der Waals surface area contributed by atoms with Gasteiger partial charge in [0.25, 0.3) is 0 Å². The molecule has 0 bridgehead atoms. The van der Waals surface area contributed by atoms with Crippen LogP contribution in [0.2, 0.25) is 0 Å². The lowest BCUT2D eigenvalue weighted by Gasteiger charge is -2.20. The van der Waals surface area contributed by atoms with Gasteiger partial charge in [0.05, 0.1) is 11.6 Å². The molecular formula is C15H17NO3. The van der Waals surface area contributed by atoms with Crippen molar-refractivity contribution in [1.82, 2.24) is 4.57 Å². The van der Waals surface area contributed by atoms with E-state index in [0.29, 0.717) is 0 Å². The first-order valence-corrected chi connectivity index (χ1v) is 6.17. The maximum Gasteiger partial charge on any atom is 0.418 e. The summed E-state index contributed by atoms with van der Waals surface area (Å²) in [4.78, 5) is 22.9. The standard InChI is InChI=1S/C15H17NO3/c1-15(2,3)19-14(18)16-9-8-12-6-4-11(10-17)5-7-13(12)16/h4-11H,1-3H3. The molecule has 4 nitrogen and oxygen atoms in total. The number of fused-ring (bicyclic) bond motifs is 1. The van der Waals surface area contributed by atoms with Crippen molar-refractivity contribution in [2.75, 3.05) is 0 Å². The van der Waals surface area contributed by atoms with E-state index in [9.17, 15) is 9.59 Å². The molecule has 0 saturated carbocycles. The maximum absolute atomic E-state index is 12.1. The molecule has 1 heterocycles. The van der Waals surface area contributed by atoms with Crippen molar-refractivity contribution in [3.8, 4) is 0 Å². The van der Waals surface area contributed by atoms with E-state index in [0.717, 1.165) is 17.5 Å². The summed E-state index contributed by atoms with van der Waals surface area (Å²) < 4.78 is 6.79. The molecule has 1 aliphatic rings. The summed E-state index contributed by atoms with van der Waals surface area (Å²) in [6.07, 6.45) is 9.29. The van der Waals surface area contributed by atoms with Crippen LogP contribution in [0, 0.1) is 5.92 Å². The minimum absolute atomic E-state index is 0.250. The number of hydrogen-bond acceptors (Lipinski definition) is 3. The van der Waals surface area contributed by atoms with Crippen molar-refractivity contribution in [3.05, 3.63) is 35.7 Å². The van der Waals surface area contributed by atoms with Gasteiger partial charge in [-0.15, -0.1) is 0 Å². The van der Waals surface area contributed by atoms with Gasteiger partial charge >= 0.3 is 6.09 Å². The number of aromatic nitrogens is 1. The van der Waals surface area contributed by atoms with Crippen LogP contribution in [0.25, 0.3) is 12.2 Å². The predicted octanol–water partition coefficient (Wildman–Crippen LogP) is 3.13. The Balaban J connectivity index is 2.32. The second-order valence-electron chi connectivity index (χ2n) is 5.44. The molecular weight excluding hydrogens is 242 g/mol. The van der Waals surface area contributed by atoms with E-state index in [1.54, 1.807) is 24.4 Å². The van der Waals surface area contributed by atoms with Crippen molar-refractivity contribution in [1.29, 1.82) is 0 Å². The van der Waals surface area contributed by atoms with E-state index in [4.69, 9.17) is 4.74 Å². The van der Waals surface area contributed by atoms with E-state index >= 15 is 0 Å². The van der Waals surface area contributed by atoms with Crippen molar-refractivity contribution in [3.63, 3.8) is 0 Å². The topological polar surface area (TPSA) is 48.3 Å². The lowest BCUT2D eigenvalue weighted by Crippen LogP contribution is -2.27. The molecule has 1 unspecified atom stereocenters. The number of hydrogen-bond donors (Lipinski definition) is 0. The van der Waals surface area contributed by atoms with E-state index in [1.807, 2.05) is 32.9 Å². The predicted molar refractivity (Wildman–Crippen MR) is 73.7 cm³/mol. The van der Waals surface area contributed by atoms with Gasteiger partial charge in [-0.1, -0.05) is 18.2 Å². The minimum Gasteiger partial charge on any atom is -0.443 e. The van der Waals surface area contributed by atoms with Crippen molar-refractivity contribution in [2.45, 2.75) is 26.4 Å². The van der Waals surface area contributed by atoms with Gasteiger partial charge in [0, 0.05) is 6.20 Å². The Morgan fingerprint density at radius 2 is 2.00 bits per heavy atom. The summed E-state index contributed by atoms with van der Waals surface area (Å²) in [7, 11) is 0. The van der Waals surface area contributed by atoms with Gasteiger partial charge in [-0.05, 0) is 38.5 Å². The van der Waals surface area contributed by atoms with Gasteiger partial charge in [-0.25, -0.2) is 4.79 Å². The second kappa shape index (κ2) is 4.88. The molecule has 1 aromatic heterocycles. The van der Waals surface area contributed by atoms with E-state index in [2.05, 4.69) is 0 Å². The lowest BCUT2D eigenvalue weighted by molar-refractivity contribution is -0.108. The smallest absolute Gasteiger partial charge is 0.418 e. The van der Waals surface area contributed by atoms with Crippen LogP contribution in [0.3, 0.4) is 0 Å². The molecule has 2 rings (SSSR count). The third-order valence-electron chi connectivity index (χ3n) is 2.68. The summed E-state index contributed by atoms with van der Waals surface area (Å²) in [5.74, 6) is -0.250. The van der Waals surface area contributed by atoms with Gasteiger partial charge in [0.2, 0.25) is 0 Å². The van der Waals surface area contributed by atoms with Gasteiger partial charge in [0.1, 0.15) is 11.9 Å². The first kappa shape index (κ1) is 13.3. The van der Waals surface area contributed by atoms with E-state index < -0.39 is 11.7 Å². The third-order valence-corrected chi connectivity index (χ3v) is 2.68. The highest BCUT2D eigenvalue weighted by Gasteiger charge is 2.20. The monoisotopic (exact) mass is 259 g/mol. The van der Waals surface area contributed by atoms with Crippen molar-refractivity contribution >= 4 is 24.5 Å². The van der Waals surface area contributed by atoms with Crippen LogP contribution >= 0.6 is 0 Å². The number of aldehydes is 1. The summed E-state index contributed by atoms with van der Waals surface area (Å²) >= 11 is 0. The number of carbonyl (C=O) groups is 2. The molecule has 1 atom stereocenters. The fourth-order valence-electron chi connectivity index (χ4n) is 1.82. The quantitative estimate of drug-likeness (QED) is 0.728. The second-order valence-corrected chi connectivity index (χ2v) is 5.44. The molecule has 0 aliphatic heterocycles. The highest BCUT2D eigenvalue weighted by atomic mass is 16.6. The van der Waals surface area contributed by atoms with Crippen LogP contribution in [-0.4, -0.2) is 22.5 Å². The van der Waals surface area contributed by atoms with Gasteiger partial charge < -0.3 is 9.53 Å². The van der Waals surface area contributed by atoms with Crippen LogP contribution in [0.4, 0.5) is 4.79 Å². The number of rotatable bonds is 1. The van der Waals surface area contributed by atoms with E-state index in [1.165, 1.54) is 4.57 Å². The highest BCUT2D eigenvalue weighted by Crippen LogP contribution is 2.21. The number of nitrogens with zero attached hydrogens (tertiary/aromatic N) is 1. The summed E-state index contributed by atoms with van der Waals surface area (Å²) in [6, 6.07) is 1.83. The van der Waals surface area contributed by atoms with Gasteiger partial charge in [-0.2, -0.15) is 0 Å². The van der Waals surface area contributed by atoms with Crippen LogP contribution < -0.4 is 0 Å². The molecule has 4 heteroatoms. The Morgan fingerprint density at radius 3 is 2.63 bits per heavy atom. The number of allylic oxidation sites excluding steroid dienone is 2. The SMILES string of the molecule is CC(C)(C)OC(=O)n1ccc2c1C=CC(C=O)C=C2. The lowest BCUT2D eigenvalue weighted by atomic mass is 10.1. The first-order valence-electron chi connectivity index (χ1n) is 6.17. The Hall–Kier alpha value is -2.10. The number of ether oxygens (including phenoxy) is 1. The van der Waals surface area contributed by atoms with Crippen LogP contribution in [0.1, 0.15) is 32.0 Å². The molecule has 0 radical (unpaired) electrons. The maximum atomic E-state index is 12.1. The van der Waals surface area contributed by atoms with Crippen LogP contribution in [0.5, 0.6) is 0 Å². The average molecular weight is 259 g/mol. The molecule has 1 aliphatic carbocycles. The molecule has 1 aromatic rings. The Kier molecular flexibility index (Phi) is 3.42. The molecule has 0 spiro atoms. The summed E-state index contributed by atoms with van der Waals surface area (Å²) in [5, 5.41) is 0. The third kappa shape index (κ3) is 3.02. The number of carbonyl (C=O) groups excluding carboxylic acids is 2. The van der Waals surface area contributed by atoms with E-state index in [-0.39, 0.29) is 5.92 Å². The Labute approximate surface area is 112 Å². The van der Waals surface area contributed by atoms with Crippen LogP contribution in [0.15, 0.2) is 24.4 Å². The molecule has 0 N–H and O–H groups in total. The zero-order valence-corrected chi connectivity index (χ0v) is 11.3. The largest absolute Gasteiger partial charge is 0.443 e. The fourth-order valence-corrected chi connectivity index (χ4v) is 1.82. The zero-order valence-electron chi connectivity index (χ0n) is 11.3. The normalized spacial score (nSPS) is 17.7. The Morgan fingerprint density at radius 1 is 1.32 bits per heavy atom. The van der Waals surface area contributed by atoms with Gasteiger partial charge in [-0.3, -0.25) is 4.57 Å². The van der Waals surface area contributed by atoms with Crippen molar-refractivity contribution < 1.29 is 14.3 Å². The summed E-state index contributed by atoms with van der Waals surface area (Å²) in [6.45, 7) is 5.47. The zero-order chi connectivity index (χ0) is 14.0. The molecule has 0 amide bonds. The molecule has 0 aromatic carbocycles. The molecule has 0 fully saturated rings. The Bertz CT molecular complexity index is 558.